The number of rotatable bonds is 59. The van der Waals surface area contributed by atoms with Crippen LogP contribution in [0.15, 0.2) is 109 Å². The van der Waals surface area contributed by atoms with Gasteiger partial charge in [0, 0.05) is 19.3 Å². The molecule has 1 atom stereocenters. The van der Waals surface area contributed by atoms with E-state index in [2.05, 4.69) is 130 Å². The first-order valence-electron chi connectivity index (χ1n) is 32.9. The number of carbonyl (C=O) groups is 3. The van der Waals surface area contributed by atoms with Crippen LogP contribution in [0.4, 0.5) is 0 Å². The Kier molecular flexibility index (Phi) is 62.3. The molecule has 78 heavy (non-hydrogen) atoms. The fourth-order valence-electron chi connectivity index (χ4n) is 9.10. The molecule has 0 aliphatic rings. The van der Waals surface area contributed by atoms with Gasteiger partial charge in [-0.2, -0.15) is 0 Å². The molecule has 1 unspecified atom stereocenters. The minimum Gasteiger partial charge on any atom is -0.462 e. The molecule has 0 radical (unpaired) electrons. The van der Waals surface area contributed by atoms with E-state index in [1.54, 1.807) is 0 Å². The van der Waals surface area contributed by atoms with Crippen LogP contribution in [0.25, 0.3) is 0 Å². The highest BCUT2D eigenvalue weighted by molar-refractivity contribution is 5.71. The molecule has 0 saturated heterocycles. The van der Waals surface area contributed by atoms with E-state index in [1.165, 1.54) is 141 Å². The maximum absolute atomic E-state index is 12.9. The lowest BCUT2D eigenvalue weighted by Gasteiger charge is -2.18. The molecule has 0 fully saturated rings. The predicted octanol–water partition coefficient (Wildman–Crippen LogP) is 22.6. The van der Waals surface area contributed by atoms with Crippen molar-refractivity contribution in [3.63, 3.8) is 0 Å². The van der Waals surface area contributed by atoms with Crippen molar-refractivity contribution < 1.29 is 28.6 Å². The minimum atomic E-state index is -0.789. The molecule has 0 aromatic heterocycles. The van der Waals surface area contributed by atoms with Crippen LogP contribution >= 0.6 is 0 Å². The van der Waals surface area contributed by atoms with Crippen molar-refractivity contribution in [1.29, 1.82) is 0 Å². The highest BCUT2D eigenvalue weighted by Crippen LogP contribution is 2.16. The smallest absolute Gasteiger partial charge is 0.306 e. The number of carbonyl (C=O) groups excluding carboxylic acids is 3. The Morgan fingerprint density at radius 1 is 0.269 bits per heavy atom. The minimum absolute atomic E-state index is 0.0870. The Hall–Kier alpha value is -3.93. The monoisotopic (exact) mass is 1080 g/mol. The van der Waals surface area contributed by atoms with Crippen molar-refractivity contribution in [2.75, 3.05) is 13.2 Å². The molecule has 0 amide bonds. The lowest BCUT2D eigenvalue weighted by atomic mass is 10.0. The number of hydrogen-bond acceptors (Lipinski definition) is 6. The summed E-state index contributed by atoms with van der Waals surface area (Å²) in [7, 11) is 0. The summed E-state index contributed by atoms with van der Waals surface area (Å²) in [5.74, 6) is -0.900. The van der Waals surface area contributed by atoms with Crippen molar-refractivity contribution >= 4 is 17.9 Å². The molecule has 0 heterocycles. The SMILES string of the molecule is CC/C=C\C/C=C\C/C=C\C/C=C\C/C=C\C/C=C\C/C=C\CCCCCCCCCC(=O)OCC(COC(=O)CCCCCCC/C=C\C/C=C\CCCCC)OC(=O)CCCCCCCCCCCCCCCCCC. The molecule has 6 heteroatoms. The van der Waals surface area contributed by atoms with Gasteiger partial charge in [0.15, 0.2) is 6.10 Å². The zero-order chi connectivity index (χ0) is 56.4. The lowest BCUT2D eigenvalue weighted by molar-refractivity contribution is -0.167. The summed E-state index contributed by atoms with van der Waals surface area (Å²) >= 11 is 0. The summed E-state index contributed by atoms with van der Waals surface area (Å²) in [6, 6.07) is 0. The summed E-state index contributed by atoms with van der Waals surface area (Å²) < 4.78 is 16.9. The van der Waals surface area contributed by atoms with Gasteiger partial charge in [-0.1, -0.05) is 291 Å². The average Bonchev–Trinajstić information content (AvgIpc) is 3.44. The lowest BCUT2D eigenvalue weighted by Crippen LogP contribution is -2.30. The molecule has 0 rings (SSSR count). The first kappa shape index (κ1) is 74.1. The second-order valence-corrected chi connectivity index (χ2v) is 21.6. The zero-order valence-electron chi connectivity index (χ0n) is 51.2. The fourth-order valence-corrected chi connectivity index (χ4v) is 9.10. The van der Waals surface area contributed by atoms with Crippen molar-refractivity contribution in [3.05, 3.63) is 109 Å². The van der Waals surface area contributed by atoms with Crippen LogP contribution in [0.3, 0.4) is 0 Å². The number of unbranched alkanes of at least 4 members (excludes halogenated alkanes) is 30. The molecule has 0 spiro atoms. The maximum Gasteiger partial charge on any atom is 0.306 e. The number of hydrogen-bond donors (Lipinski definition) is 0. The first-order valence-corrected chi connectivity index (χ1v) is 32.9. The molecule has 0 aliphatic carbocycles. The third kappa shape index (κ3) is 62.9. The Morgan fingerprint density at radius 3 is 0.808 bits per heavy atom. The molecule has 0 aromatic carbocycles. The van der Waals surface area contributed by atoms with Crippen LogP contribution in [0.1, 0.15) is 310 Å². The van der Waals surface area contributed by atoms with E-state index >= 15 is 0 Å². The molecular weight excluding hydrogens is 961 g/mol. The molecule has 0 N–H and O–H groups in total. The number of esters is 3. The van der Waals surface area contributed by atoms with Gasteiger partial charge in [0.2, 0.25) is 0 Å². The maximum atomic E-state index is 12.9. The molecule has 0 aliphatic heterocycles. The van der Waals surface area contributed by atoms with Gasteiger partial charge in [0.1, 0.15) is 13.2 Å². The van der Waals surface area contributed by atoms with E-state index in [4.69, 9.17) is 14.2 Å². The Morgan fingerprint density at radius 2 is 0.500 bits per heavy atom. The van der Waals surface area contributed by atoms with Gasteiger partial charge in [-0.3, -0.25) is 14.4 Å². The summed E-state index contributed by atoms with van der Waals surface area (Å²) in [5, 5.41) is 0. The molecule has 0 bridgehead atoms. The third-order valence-electron chi connectivity index (χ3n) is 14.0. The standard InChI is InChI=1S/C72H122O6/c1-4-7-10-13-16-19-22-25-28-30-31-32-33-34-35-36-37-38-39-40-41-42-45-47-50-53-56-59-62-65-71(74)77-68-69(67-76-70(73)64-61-58-55-52-49-46-43-27-24-21-18-15-12-9-6-3)78-72(75)66-63-60-57-54-51-48-44-29-26-23-20-17-14-11-8-5-2/h7,10,16,18-19,21,25,27-28,31-32,34-35,37-38,40-41,43,69H,4-6,8-9,11-15,17,20,22-24,26,29-30,33,36,39,42,44-68H2,1-3H3/b10-7-,19-16-,21-18-,28-25-,32-31-,35-34-,38-37-,41-40-,43-27-. The van der Waals surface area contributed by atoms with Gasteiger partial charge in [0.25, 0.3) is 0 Å². The quantitative estimate of drug-likeness (QED) is 0.0261. The molecule has 6 nitrogen and oxygen atoms in total. The topological polar surface area (TPSA) is 78.9 Å². The van der Waals surface area contributed by atoms with Gasteiger partial charge in [-0.25, -0.2) is 0 Å². The fraction of sp³-hybridized carbons (Fsp3) is 0.708. The Labute approximate surface area is 482 Å². The number of allylic oxidation sites excluding steroid dienone is 18. The summed E-state index contributed by atoms with van der Waals surface area (Å²) in [4.78, 5) is 38.3. The first-order chi connectivity index (χ1) is 38.5. The molecule has 0 saturated carbocycles. The summed E-state index contributed by atoms with van der Waals surface area (Å²) in [6.07, 6.45) is 89.5. The highest BCUT2D eigenvalue weighted by Gasteiger charge is 2.19. The van der Waals surface area contributed by atoms with E-state index in [-0.39, 0.29) is 31.1 Å². The Bertz CT molecular complexity index is 1570. The van der Waals surface area contributed by atoms with E-state index in [9.17, 15) is 14.4 Å². The summed E-state index contributed by atoms with van der Waals surface area (Å²) in [6.45, 7) is 6.51. The summed E-state index contributed by atoms with van der Waals surface area (Å²) in [5.41, 5.74) is 0. The predicted molar refractivity (Wildman–Crippen MR) is 339 cm³/mol. The zero-order valence-corrected chi connectivity index (χ0v) is 51.2. The van der Waals surface area contributed by atoms with Crippen molar-refractivity contribution in [2.45, 2.75) is 316 Å². The van der Waals surface area contributed by atoms with Crippen molar-refractivity contribution in [3.8, 4) is 0 Å². The highest BCUT2D eigenvalue weighted by atomic mass is 16.6. The third-order valence-corrected chi connectivity index (χ3v) is 14.0. The van der Waals surface area contributed by atoms with E-state index in [0.717, 1.165) is 128 Å². The Balaban J connectivity index is 4.35. The van der Waals surface area contributed by atoms with Crippen LogP contribution in [0, 0.1) is 0 Å². The van der Waals surface area contributed by atoms with Gasteiger partial charge in [-0.05, 0) is 109 Å². The molecular formula is C72H122O6. The van der Waals surface area contributed by atoms with Crippen LogP contribution < -0.4 is 0 Å². The van der Waals surface area contributed by atoms with Gasteiger partial charge in [-0.15, -0.1) is 0 Å². The average molecular weight is 1080 g/mol. The van der Waals surface area contributed by atoms with Crippen LogP contribution in [0.5, 0.6) is 0 Å². The van der Waals surface area contributed by atoms with E-state index in [0.29, 0.717) is 19.3 Å². The number of ether oxygens (including phenoxy) is 3. The van der Waals surface area contributed by atoms with Gasteiger partial charge < -0.3 is 14.2 Å². The van der Waals surface area contributed by atoms with Crippen molar-refractivity contribution in [2.24, 2.45) is 0 Å². The van der Waals surface area contributed by atoms with Crippen molar-refractivity contribution in [1.82, 2.24) is 0 Å². The van der Waals surface area contributed by atoms with E-state index in [1.807, 2.05) is 0 Å². The normalized spacial score (nSPS) is 12.8. The molecule has 446 valence electrons. The van der Waals surface area contributed by atoms with Gasteiger partial charge >= 0.3 is 17.9 Å². The van der Waals surface area contributed by atoms with Crippen LogP contribution in [-0.2, 0) is 28.6 Å². The van der Waals surface area contributed by atoms with Crippen LogP contribution in [-0.4, -0.2) is 37.2 Å². The second kappa shape index (κ2) is 65.6. The van der Waals surface area contributed by atoms with Gasteiger partial charge in [0.05, 0.1) is 0 Å². The largest absolute Gasteiger partial charge is 0.462 e. The molecule has 0 aromatic rings. The second-order valence-electron chi connectivity index (χ2n) is 21.6. The van der Waals surface area contributed by atoms with E-state index < -0.39 is 6.10 Å². The van der Waals surface area contributed by atoms with Crippen LogP contribution in [0.2, 0.25) is 0 Å².